The third-order valence-electron chi connectivity index (χ3n) is 1.98. The lowest BCUT2D eigenvalue weighted by molar-refractivity contribution is -0.274. The van der Waals surface area contributed by atoms with E-state index in [1.165, 1.54) is 6.92 Å². The maximum Gasteiger partial charge on any atom is 0.409 e. The zero-order valence-corrected chi connectivity index (χ0v) is 11.1. The van der Waals surface area contributed by atoms with Crippen LogP contribution in [0.4, 0.5) is 26.3 Å². The zero-order chi connectivity index (χ0) is 14.7. The molecule has 1 N–H and O–H groups in total. The molecule has 0 aromatic rings. The topological polar surface area (TPSA) is 29.1 Å². The van der Waals surface area contributed by atoms with Gasteiger partial charge in [0, 0.05) is 10.9 Å². The minimum atomic E-state index is -5.65. The van der Waals surface area contributed by atoms with Crippen LogP contribution in [0, 0.1) is 5.92 Å². The van der Waals surface area contributed by atoms with Crippen molar-refractivity contribution in [3.63, 3.8) is 0 Å². The molecule has 0 saturated carbocycles. The molecule has 0 aromatic heterocycles. The predicted octanol–water partition coefficient (Wildman–Crippen LogP) is 3.41. The van der Waals surface area contributed by atoms with E-state index < -0.39 is 30.2 Å². The van der Waals surface area contributed by atoms with Crippen LogP contribution in [-0.4, -0.2) is 29.1 Å². The van der Waals surface area contributed by atoms with Gasteiger partial charge in [-0.25, -0.2) is 0 Å². The van der Waals surface area contributed by atoms with Crippen LogP contribution in [0.2, 0.25) is 0 Å². The molecule has 0 rings (SSSR count). The highest BCUT2D eigenvalue weighted by Gasteiger charge is 2.61. The minimum absolute atomic E-state index is 0.136. The number of hydrogen-bond donors (Lipinski definition) is 1. The lowest BCUT2D eigenvalue weighted by Gasteiger charge is -2.24. The highest BCUT2D eigenvalue weighted by Crippen LogP contribution is 2.39. The van der Waals surface area contributed by atoms with Gasteiger partial charge in [0.15, 0.2) is 0 Å². The molecular formula is C9H12BrF6NO. The van der Waals surface area contributed by atoms with E-state index in [1.807, 2.05) is 0 Å². The second-order valence-electron chi connectivity index (χ2n) is 3.94. The first-order valence-electron chi connectivity index (χ1n) is 4.93. The molecular weight excluding hydrogens is 332 g/mol. The molecule has 0 heterocycles. The second-order valence-corrected chi connectivity index (χ2v) is 5.51. The van der Waals surface area contributed by atoms with Gasteiger partial charge in [0.05, 0.1) is 0 Å². The maximum absolute atomic E-state index is 12.2. The Morgan fingerprint density at radius 2 is 1.50 bits per heavy atom. The first kappa shape index (κ1) is 17.5. The highest BCUT2D eigenvalue weighted by molar-refractivity contribution is 9.09. The number of rotatable bonds is 4. The van der Waals surface area contributed by atoms with E-state index in [4.69, 9.17) is 0 Å². The molecule has 1 amide bonds. The first-order valence-corrected chi connectivity index (χ1v) is 5.85. The predicted molar refractivity (Wildman–Crippen MR) is 56.2 cm³/mol. The fraction of sp³-hybridized carbons (Fsp3) is 0.889. The summed E-state index contributed by atoms with van der Waals surface area (Å²) in [6.07, 6.45) is -11.1. The van der Waals surface area contributed by atoms with Crippen molar-refractivity contribution in [2.45, 2.75) is 43.5 Å². The Kier molecular flexibility index (Phi) is 5.96. The van der Waals surface area contributed by atoms with Gasteiger partial charge in [-0.15, -0.1) is 0 Å². The van der Waals surface area contributed by atoms with Gasteiger partial charge in [0.2, 0.25) is 11.8 Å². The Bertz CT molecular complexity index is 274. The fourth-order valence-electron chi connectivity index (χ4n) is 1.36. The van der Waals surface area contributed by atoms with Gasteiger partial charge in [-0.05, 0) is 13.3 Å². The molecule has 0 aliphatic heterocycles. The summed E-state index contributed by atoms with van der Waals surface area (Å²) in [7, 11) is 0. The van der Waals surface area contributed by atoms with Crippen molar-refractivity contribution in [2.75, 3.05) is 0 Å². The van der Waals surface area contributed by atoms with Crippen LogP contribution in [-0.2, 0) is 4.79 Å². The zero-order valence-electron chi connectivity index (χ0n) is 9.49. The van der Waals surface area contributed by atoms with E-state index in [2.05, 4.69) is 15.9 Å². The van der Waals surface area contributed by atoms with E-state index >= 15 is 0 Å². The van der Waals surface area contributed by atoms with Crippen LogP contribution in [0.3, 0.4) is 0 Å². The van der Waals surface area contributed by atoms with Gasteiger partial charge in [0.1, 0.15) is 0 Å². The Hall–Kier alpha value is -0.470. The van der Waals surface area contributed by atoms with Crippen LogP contribution in [0.5, 0.6) is 0 Å². The molecule has 2 atom stereocenters. The molecule has 0 aliphatic rings. The molecule has 18 heavy (non-hydrogen) atoms. The van der Waals surface area contributed by atoms with E-state index in [0.717, 1.165) is 0 Å². The molecule has 2 unspecified atom stereocenters. The summed E-state index contributed by atoms with van der Waals surface area (Å²) < 4.78 is 73.1. The van der Waals surface area contributed by atoms with Crippen molar-refractivity contribution in [2.24, 2.45) is 5.92 Å². The number of nitrogens with one attached hydrogen (secondary N) is 1. The molecule has 108 valence electrons. The average Bonchev–Trinajstić information content (AvgIpc) is 1.93. The number of hydrogen-bond acceptors (Lipinski definition) is 1. The van der Waals surface area contributed by atoms with E-state index in [0.29, 0.717) is 0 Å². The second kappa shape index (κ2) is 6.12. The molecule has 0 saturated heterocycles. The molecule has 0 aliphatic carbocycles. The lowest BCUT2D eigenvalue weighted by Crippen LogP contribution is -2.50. The smallest absolute Gasteiger partial charge is 0.353 e. The van der Waals surface area contributed by atoms with E-state index in [-0.39, 0.29) is 11.2 Å². The highest BCUT2D eigenvalue weighted by atomic mass is 79.9. The normalized spacial score (nSPS) is 16.6. The Balaban J connectivity index is 4.80. The van der Waals surface area contributed by atoms with E-state index in [9.17, 15) is 31.1 Å². The van der Waals surface area contributed by atoms with Crippen LogP contribution in [0.25, 0.3) is 0 Å². The van der Waals surface area contributed by atoms with Crippen molar-refractivity contribution in [3.8, 4) is 0 Å². The van der Waals surface area contributed by atoms with Gasteiger partial charge in [0.25, 0.3) is 0 Å². The molecule has 0 radical (unpaired) electrons. The molecule has 9 heteroatoms. The van der Waals surface area contributed by atoms with Crippen LogP contribution >= 0.6 is 15.9 Å². The van der Waals surface area contributed by atoms with Crippen LogP contribution in [0.15, 0.2) is 0 Å². The molecule has 2 nitrogen and oxygen atoms in total. The number of halogens is 7. The third-order valence-corrected chi connectivity index (χ3v) is 2.36. The third kappa shape index (κ3) is 5.92. The fourth-order valence-corrected chi connectivity index (χ4v) is 1.92. The van der Waals surface area contributed by atoms with Crippen molar-refractivity contribution < 1.29 is 31.1 Å². The van der Waals surface area contributed by atoms with Crippen LogP contribution in [0.1, 0.15) is 20.3 Å². The molecule has 0 fully saturated rings. The van der Waals surface area contributed by atoms with Gasteiger partial charge >= 0.3 is 12.4 Å². The molecule has 0 bridgehead atoms. The Morgan fingerprint density at radius 1 is 1.11 bits per heavy atom. The summed E-state index contributed by atoms with van der Waals surface area (Å²) in [5, 5.41) is 1.72. The summed E-state index contributed by atoms with van der Waals surface area (Å²) in [6.45, 7) is 2.99. The average molecular weight is 344 g/mol. The lowest BCUT2D eigenvalue weighted by atomic mass is 10.1. The van der Waals surface area contributed by atoms with Crippen molar-refractivity contribution in [1.82, 2.24) is 5.32 Å². The van der Waals surface area contributed by atoms with Crippen molar-refractivity contribution >= 4 is 21.8 Å². The summed E-state index contributed by atoms with van der Waals surface area (Å²) in [5.74, 6) is -6.06. The van der Waals surface area contributed by atoms with Gasteiger partial charge < -0.3 is 5.32 Å². The summed E-state index contributed by atoms with van der Waals surface area (Å²) in [5.41, 5.74) is 0. The van der Waals surface area contributed by atoms with Gasteiger partial charge in [-0.1, -0.05) is 22.9 Å². The van der Waals surface area contributed by atoms with Crippen molar-refractivity contribution in [1.29, 1.82) is 0 Å². The first-order chi connectivity index (χ1) is 7.85. The molecule has 0 spiro atoms. The van der Waals surface area contributed by atoms with Crippen LogP contribution < -0.4 is 5.32 Å². The van der Waals surface area contributed by atoms with Gasteiger partial charge in [-0.2, -0.15) is 26.3 Å². The monoisotopic (exact) mass is 343 g/mol. The summed E-state index contributed by atoms with van der Waals surface area (Å²) in [6, 6.07) is -0.793. The SMILES string of the molecule is CC(Br)CC(C)NC(=O)C(C(F)(F)F)C(F)(F)F. The number of carbonyl (C=O) groups is 1. The van der Waals surface area contributed by atoms with Gasteiger partial charge in [-0.3, -0.25) is 4.79 Å². The summed E-state index contributed by atoms with van der Waals surface area (Å²) >= 11 is 3.09. The quantitative estimate of drug-likeness (QED) is 0.615. The van der Waals surface area contributed by atoms with E-state index in [1.54, 1.807) is 12.2 Å². The molecule has 0 aromatic carbocycles. The Morgan fingerprint density at radius 3 is 1.78 bits per heavy atom. The number of carbonyl (C=O) groups excluding carboxylic acids is 1. The summed E-state index contributed by atoms with van der Waals surface area (Å²) in [4.78, 5) is 10.9. The van der Waals surface area contributed by atoms with Crippen molar-refractivity contribution in [3.05, 3.63) is 0 Å². The number of amides is 1. The standard InChI is InChI=1S/C9H12BrF6NO/c1-4(10)3-5(2)17-7(18)6(8(11,12)13)9(14,15)16/h4-6H,3H2,1-2H3,(H,17,18). The number of alkyl halides is 7. The Labute approximate surface area is 108 Å². The minimum Gasteiger partial charge on any atom is -0.353 e. The maximum atomic E-state index is 12.2. The largest absolute Gasteiger partial charge is 0.409 e.